The zero-order chi connectivity index (χ0) is 23.3. The number of nitrogens with zero attached hydrogens (tertiary/aromatic N) is 1. The van der Waals surface area contributed by atoms with Gasteiger partial charge in [0.1, 0.15) is 17.5 Å². The Bertz CT molecular complexity index is 898. The fourth-order valence-electron chi connectivity index (χ4n) is 7.07. The maximum Gasteiger partial charge on any atom is 0.165 e. The van der Waals surface area contributed by atoms with Crippen LogP contribution in [0.15, 0.2) is 24.8 Å². The van der Waals surface area contributed by atoms with Crippen LogP contribution in [0.25, 0.3) is 0 Å². The third-order valence-electron chi connectivity index (χ3n) is 8.80. The number of aryl methyl sites for hydroxylation is 1. The summed E-state index contributed by atoms with van der Waals surface area (Å²) in [7, 11) is 5.61. The number of hydrogen-bond donors (Lipinski definition) is 0. The van der Waals surface area contributed by atoms with Crippen LogP contribution in [0.2, 0.25) is 0 Å². The van der Waals surface area contributed by atoms with Crippen molar-refractivity contribution in [2.24, 2.45) is 11.8 Å². The van der Waals surface area contributed by atoms with Crippen molar-refractivity contribution < 1.29 is 19.0 Å². The molecule has 6 atom stereocenters. The molecule has 0 aromatic heterocycles. The molecule has 0 amide bonds. The largest absolute Gasteiger partial charge is 0.493 e. The summed E-state index contributed by atoms with van der Waals surface area (Å²) in [5, 5.41) is 0. The molecular formula is C27H39NO4. The van der Waals surface area contributed by atoms with Crippen LogP contribution in [-0.4, -0.2) is 56.2 Å². The van der Waals surface area contributed by atoms with Crippen molar-refractivity contribution in [3.8, 4) is 11.5 Å². The second-order valence-electron chi connectivity index (χ2n) is 9.87. The fraction of sp³-hybridized carbons (Fsp3) is 0.667. The fourth-order valence-corrected chi connectivity index (χ4v) is 7.07. The molecule has 3 aliphatic rings. The van der Waals surface area contributed by atoms with E-state index in [1.54, 1.807) is 14.2 Å². The van der Waals surface area contributed by atoms with Crippen LogP contribution in [0, 0.1) is 11.8 Å². The number of fused-ring (bicyclic) bond motifs is 1. The van der Waals surface area contributed by atoms with Gasteiger partial charge in [-0.1, -0.05) is 26.0 Å². The molecule has 5 heteroatoms. The molecule has 1 spiro atoms. The van der Waals surface area contributed by atoms with E-state index < -0.39 is 5.60 Å². The third-order valence-corrected chi connectivity index (χ3v) is 8.80. The molecule has 1 aliphatic carbocycles. The van der Waals surface area contributed by atoms with Crippen molar-refractivity contribution in [1.82, 2.24) is 4.90 Å². The Morgan fingerprint density at radius 2 is 2.09 bits per heavy atom. The Labute approximate surface area is 193 Å². The zero-order valence-corrected chi connectivity index (χ0v) is 20.6. The van der Waals surface area contributed by atoms with Gasteiger partial charge in [0.05, 0.1) is 13.0 Å². The number of rotatable bonds is 7. The van der Waals surface area contributed by atoms with Crippen molar-refractivity contribution in [2.75, 3.05) is 27.8 Å². The van der Waals surface area contributed by atoms with E-state index in [1.807, 2.05) is 12.1 Å². The van der Waals surface area contributed by atoms with E-state index in [0.29, 0.717) is 12.5 Å². The second kappa shape index (κ2) is 8.49. The highest BCUT2D eigenvalue weighted by Crippen LogP contribution is 2.65. The lowest BCUT2D eigenvalue weighted by atomic mass is 9.49. The molecular weight excluding hydrogens is 402 g/mol. The average molecular weight is 442 g/mol. The van der Waals surface area contributed by atoms with Crippen LogP contribution >= 0.6 is 0 Å². The van der Waals surface area contributed by atoms with E-state index >= 15 is 0 Å². The van der Waals surface area contributed by atoms with Crippen molar-refractivity contribution in [2.45, 2.75) is 76.0 Å². The topological polar surface area (TPSA) is 48.0 Å². The highest BCUT2D eigenvalue weighted by atomic mass is 16.6. The molecule has 4 rings (SSSR count). The van der Waals surface area contributed by atoms with Gasteiger partial charge in [0, 0.05) is 30.6 Å². The highest BCUT2D eigenvalue weighted by molar-refractivity contribution is 5.83. The van der Waals surface area contributed by atoms with Crippen LogP contribution in [0.3, 0.4) is 0 Å². The number of carbonyl (C=O) groups is 1. The number of ether oxygens (including phenoxy) is 3. The van der Waals surface area contributed by atoms with E-state index in [2.05, 4.69) is 45.4 Å². The van der Waals surface area contributed by atoms with Crippen LogP contribution in [0.4, 0.5) is 0 Å². The second-order valence-corrected chi connectivity index (χ2v) is 9.87. The summed E-state index contributed by atoms with van der Waals surface area (Å²) in [6, 6.07) is 4.53. The average Bonchev–Trinajstić information content (AvgIpc) is 3.16. The summed E-state index contributed by atoms with van der Waals surface area (Å²) < 4.78 is 18.9. The molecule has 1 unspecified atom stereocenters. The van der Waals surface area contributed by atoms with Gasteiger partial charge in [0.2, 0.25) is 0 Å². The van der Waals surface area contributed by atoms with Crippen molar-refractivity contribution in [3.63, 3.8) is 0 Å². The number of piperidine rings is 1. The van der Waals surface area contributed by atoms with E-state index in [9.17, 15) is 4.79 Å². The van der Waals surface area contributed by atoms with Gasteiger partial charge in [-0.2, -0.15) is 0 Å². The maximum absolute atomic E-state index is 13.5. The van der Waals surface area contributed by atoms with Gasteiger partial charge in [0.15, 0.2) is 11.5 Å². The summed E-state index contributed by atoms with van der Waals surface area (Å²) in [5.74, 6) is 1.86. The van der Waals surface area contributed by atoms with E-state index in [0.717, 1.165) is 43.7 Å². The third kappa shape index (κ3) is 2.93. The first-order chi connectivity index (χ1) is 15.4. The predicted octanol–water partition coefficient (Wildman–Crippen LogP) is 4.56. The van der Waals surface area contributed by atoms with Gasteiger partial charge in [0.25, 0.3) is 0 Å². The Morgan fingerprint density at radius 3 is 2.69 bits per heavy atom. The lowest BCUT2D eigenvalue weighted by Gasteiger charge is -2.60. The van der Waals surface area contributed by atoms with Gasteiger partial charge >= 0.3 is 0 Å². The first-order valence-electron chi connectivity index (χ1n) is 12.1. The van der Waals surface area contributed by atoms with Crippen molar-refractivity contribution in [3.05, 3.63) is 35.9 Å². The van der Waals surface area contributed by atoms with Crippen LogP contribution in [0.5, 0.6) is 11.5 Å². The van der Waals surface area contributed by atoms with Crippen LogP contribution in [0.1, 0.15) is 57.6 Å². The number of hydrogen-bond acceptors (Lipinski definition) is 5. The Morgan fingerprint density at radius 1 is 1.34 bits per heavy atom. The summed E-state index contributed by atoms with van der Waals surface area (Å²) in [5.41, 5.74) is 1.47. The number of ketones is 1. The normalized spacial score (nSPS) is 35.9. The van der Waals surface area contributed by atoms with Crippen LogP contribution in [-0.2, 0) is 21.4 Å². The Kier molecular flexibility index (Phi) is 6.19. The van der Waals surface area contributed by atoms with Gasteiger partial charge in [-0.15, -0.1) is 6.58 Å². The number of benzene rings is 1. The number of likely N-dealkylation sites (tertiary alicyclic amines) is 1. The first kappa shape index (κ1) is 23.3. The highest BCUT2D eigenvalue weighted by Gasteiger charge is 2.70. The molecule has 2 heterocycles. The molecule has 1 aromatic carbocycles. The monoisotopic (exact) mass is 441 g/mol. The molecule has 32 heavy (non-hydrogen) atoms. The molecule has 1 saturated carbocycles. The van der Waals surface area contributed by atoms with E-state index in [4.69, 9.17) is 14.2 Å². The minimum atomic E-state index is -0.868. The predicted molar refractivity (Wildman–Crippen MR) is 127 cm³/mol. The maximum atomic E-state index is 13.5. The molecule has 0 N–H and O–H groups in total. The Balaban J connectivity index is 2.00. The van der Waals surface area contributed by atoms with Crippen molar-refractivity contribution >= 4 is 5.78 Å². The molecule has 5 nitrogen and oxygen atoms in total. The van der Waals surface area contributed by atoms with Gasteiger partial charge in [-0.25, -0.2) is 0 Å². The molecule has 0 bridgehead atoms. The van der Waals surface area contributed by atoms with Gasteiger partial charge in [-0.3, -0.25) is 4.79 Å². The summed E-state index contributed by atoms with van der Waals surface area (Å²) in [6.07, 6.45) is 5.60. The molecule has 1 aromatic rings. The smallest absolute Gasteiger partial charge is 0.165 e. The molecule has 2 aliphatic heterocycles. The standard InChI is InChI=1S/C27H39NO4/c1-8-11-21(29)20-16-19-17(4)28(5)15-14-26(19)23-18(9-2)12-13-22(30-6)24(23)32-25(26)27(20,10-3)31-7/h10,12-13,17,19-20,25H,3,8-9,11,14-16H2,1-2,4-7H3/t17-,19?,20-,25-,26+,27-/m1/s1. The van der Waals surface area contributed by atoms with Crippen LogP contribution < -0.4 is 9.47 Å². The first-order valence-corrected chi connectivity index (χ1v) is 12.1. The minimum absolute atomic E-state index is 0.242. The van der Waals surface area contributed by atoms with E-state index in [-0.39, 0.29) is 29.1 Å². The minimum Gasteiger partial charge on any atom is -0.493 e. The lowest BCUT2D eigenvalue weighted by molar-refractivity contribution is -0.180. The molecule has 0 radical (unpaired) electrons. The lowest BCUT2D eigenvalue weighted by Crippen LogP contribution is -2.71. The van der Waals surface area contributed by atoms with Gasteiger partial charge in [-0.05, 0) is 63.7 Å². The summed E-state index contributed by atoms with van der Waals surface area (Å²) in [6.45, 7) is 11.7. The number of carbonyl (C=O) groups excluding carboxylic acids is 1. The SMILES string of the molecule is C=C[C@@]1(OC)[C@@H](C(=O)CCC)CC2[C@@H](C)N(C)CC[C@@]23c2c(CC)ccc(OC)c2O[C@@H]13. The quantitative estimate of drug-likeness (QED) is 0.581. The number of Topliss-reactive ketones (excluding diaryl/α,β-unsaturated/α-hetero) is 1. The molecule has 2 fully saturated rings. The summed E-state index contributed by atoms with van der Waals surface area (Å²) in [4.78, 5) is 15.9. The molecule has 1 saturated heterocycles. The summed E-state index contributed by atoms with van der Waals surface area (Å²) >= 11 is 0. The number of methoxy groups -OCH3 is 2. The van der Waals surface area contributed by atoms with E-state index in [1.165, 1.54) is 11.1 Å². The Hall–Kier alpha value is -1.85. The zero-order valence-electron chi connectivity index (χ0n) is 20.6. The molecule has 176 valence electrons. The van der Waals surface area contributed by atoms with Gasteiger partial charge < -0.3 is 19.1 Å². The van der Waals surface area contributed by atoms with Crippen molar-refractivity contribution in [1.29, 1.82) is 0 Å².